The number of amides is 1. The van der Waals surface area contributed by atoms with Gasteiger partial charge in [0.05, 0.1) is 26.4 Å². The smallest absolute Gasteiger partial charge is 0.251 e. The zero-order chi connectivity index (χ0) is 26.0. The number of hydrogen-bond acceptors (Lipinski definition) is 10. The van der Waals surface area contributed by atoms with E-state index in [1.54, 1.807) is 12.1 Å². The number of nitrogens with one attached hydrogen (secondary N) is 4. The fraction of sp³-hybridized carbons (Fsp3) is 0.385. The van der Waals surface area contributed by atoms with E-state index in [9.17, 15) is 4.79 Å². The van der Waals surface area contributed by atoms with Crippen molar-refractivity contribution in [3.8, 4) is 0 Å². The van der Waals surface area contributed by atoms with Crippen LogP contribution in [0.15, 0.2) is 60.7 Å². The monoisotopic (exact) mass is 508 g/mol. The fourth-order valence-corrected chi connectivity index (χ4v) is 3.18. The van der Waals surface area contributed by atoms with Gasteiger partial charge >= 0.3 is 0 Å². The first-order valence-electron chi connectivity index (χ1n) is 12.4. The predicted octanol–water partition coefficient (Wildman–Crippen LogP) is 2.12. The molecule has 0 aliphatic rings. The molecule has 198 valence electrons. The molecule has 0 spiro atoms. The zero-order valence-corrected chi connectivity index (χ0v) is 21.0. The SMILES string of the molecule is NCCCNc1nc(NCCOCCOCCNC(=O)c2ccccc2)nc(NCc2ccccc2)n1. The largest absolute Gasteiger partial charge is 0.377 e. The van der Waals surface area contributed by atoms with E-state index in [4.69, 9.17) is 15.2 Å². The molecule has 1 amide bonds. The van der Waals surface area contributed by atoms with Gasteiger partial charge in [-0.2, -0.15) is 15.0 Å². The lowest BCUT2D eigenvalue weighted by molar-refractivity contribution is 0.0519. The van der Waals surface area contributed by atoms with Crippen LogP contribution >= 0.6 is 0 Å². The highest BCUT2D eigenvalue weighted by Crippen LogP contribution is 2.11. The molecule has 0 unspecified atom stereocenters. The Bertz CT molecular complexity index is 1040. The van der Waals surface area contributed by atoms with Crippen LogP contribution in [0.25, 0.3) is 0 Å². The molecule has 0 atom stereocenters. The van der Waals surface area contributed by atoms with Crippen LogP contribution in [-0.2, 0) is 16.0 Å². The first-order valence-corrected chi connectivity index (χ1v) is 12.4. The number of aromatic nitrogens is 3. The summed E-state index contributed by atoms with van der Waals surface area (Å²) in [4.78, 5) is 25.3. The van der Waals surface area contributed by atoms with Crippen molar-refractivity contribution < 1.29 is 14.3 Å². The number of carbonyl (C=O) groups excluding carboxylic acids is 1. The summed E-state index contributed by atoms with van der Waals surface area (Å²) >= 11 is 0. The van der Waals surface area contributed by atoms with Crippen LogP contribution in [0.3, 0.4) is 0 Å². The van der Waals surface area contributed by atoms with Crippen molar-refractivity contribution in [2.45, 2.75) is 13.0 Å². The Kier molecular flexibility index (Phi) is 12.6. The third kappa shape index (κ3) is 11.2. The molecule has 0 bridgehead atoms. The molecule has 0 aliphatic heterocycles. The maximum Gasteiger partial charge on any atom is 0.251 e. The summed E-state index contributed by atoms with van der Waals surface area (Å²) in [5.74, 6) is 1.30. The number of carbonyl (C=O) groups is 1. The number of nitrogens with two attached hydrogens (primary N) is 1. The molecule has 3 rings (SSSR count). The number of nitrogens with zero attached hydrogens (tertiary/aromatic N) is 3. The highest BCUT2D eigenvalue weighted by Gasteiger charge is 2.07. The van der Waals surface area contributed by atoms with Gasteiger partial charge in [0.2, 0.25) is 17.8 Å². The van der Waals surface area contributed by atoms with E-state index < -0.39 is 0 Å². The topological polar surface area (TPSA) is 148 Å². The number of rotatable bonds is 18. The minimum absolute atomic E-state index is 0.110. The summed E-state index contributed by atoms with van der Waals surface area (Å²) < 4.78 is 11.1. The molecule has 0 aliphatic carbocycles. The fourth-order valence-electron chi connectivity index (χ4n) is 3.18. The number of benzene rings is 2. The molecule has 3 aromatic rings. The van der Waals surface area contributed by atoms with Gasteiger partial charge in [-0.15, -0.1) is 0 Å². The average Bonchev–Trinajstić information content (AvgIpc) is 2.94. The van der Waals surface area contributed by atoms with E-state index in [-0.39, 0.29) is 5.91 Å². The molecule has 11 heteroatoms. The van der Waals surface area contributed by atoms with Crippen molar-refractivity contribution in [1.82, 2.24) is 20.3 Å². The van der Waals surface area contributed by atoms with Gasteiger partial charge in [-0.3, -0.25) is 4.79 Å². The quantitative estimate of drug-likeness (QED) is 0.162. The average molecular weight is 509 g/mol. The third-order valence-electron chi connectivity index (χ3n) is 5.06. The molecule has 2 aromatic carbocycles. The molecule has 0 saturated carbocycles. The number of ether oxygens (including phenoxy) is 2. The van der Waals surface area contributed by atoms with Crippen molar-refractivity contribution >= 4 is 23.8 Å². The Balaban J connectivity index is 1.32. The van der Waals surface area contributed by atoms with Crippen molar-refractivity contribution in [3.05, 3.63) is 71.8 Å². The van der Waals surface area contributed by atoms with Crippen LogP contribution in [0.5, 0.6) is 0 Å². The molecule has 11 nitrogen and oxygen atoms in total. The predicted molar refractivity (Wildman–Crippen MR) is 145 cm³/mol. The normalized spacial score (nSPS) is 10.6. The standard InChI is InChI=1S/C26H36N8O3/c27-12-7-13-29-24-32-25(34-26(33-24)31-20-21-8-3-1-4-9-21)30-15-17-37-19-18-36-16-14-28-23(35)22-10-5-2-6-11-22/h1-6,8-11H,7,12-20,27H2,(H,28,35)(H3,29,30,31,32,33,34). The lowest BCUT2D eigenvalue weighted by Crippen LogP contribution is -2.27. The lowest BCUT2D eigenvalue weighted by Gasteiger charge is -2.12. The molecular weight excluding hydrogens is 472 g/mol. The third-order valence-corrected chi connectivity index (χ3v) is 5.06. The Morgan fingerprint density at radius 1 is 0.703 bits per heavy atom. The first kappa shape index (κ1) is 27.8. The molecule has 1 aromatic heterocycles. The molecule has 0 saturated heterocycles. The maximum atomic E-state index is 12.0. The van der Waals surface area contributed by atoms with Gasteiger partial charge < -0.3 is 36.5 Å². The second kappa shape index (κ2) is 16.8. The van der Waals surface area contributed by atoms with Gasteiger partial charge in [0.15, 0.2) is 0 Å². The van der Waals surface area contributed by atoms with Crippen LogP contribution in [0.2, 0.25) is 0 Å². The molecule has 37 heavy (non-hydrogen) atoms. The Labute approximate surface area is 217 Å². The minimum Gasteiger partial charge on any atom is -0.377 e. The lowest BCUT2D eigenvalue weighted by atomic mass is 10.2. The second-order valence-corrected chi connectivity index (χ2v) is 7.99. The maximum absolute atomic E-state index is 12.0. The van der Waals surface area contributed by atoms with Crippen molar-refractivity contribution in [2.75, 3.05) is 68.6 Å². The van der Waals surface area contributed by atoms with Crippen molar-refractivity contribution in [1.29, 1.82) is 0 Å². The summed E-state index contributed by atoms with van der Waals surface area (Å²) in [7, 11) is 0. The second-order valence-electron chi connectivity index (χ2n) is 7.99. The van der Waals surface area contributed by atoms with Crippen LogP contribution in [-0.4, -0.2) is 73.5 Å². The summed E-state index contributed by atoms with van der Waals surface area (Å²) in [6.45, 7) is 4.60. The summed E-state index contributed by atoms with van der Waals surface area (Å²) in [5, 5.41) is 12.4. The molecule has 6 N–H and O–H groups in total. The van der Waals surface area contributed by atoms with Crippen molar-refractivity contribution in [3.63, 3.8) is 0 Å². The number of hydrogen-bond donors (Lipinski definition) is 5. The Hall–Kier alpha value is -3.80. The van der Waals surface area contributed by atoms with Gasteiger partial charge in [-0.05, 0) is 30.7 Å². The molecule has 0 fully saturated rings. The Morgan fingerprint density at radius 2 is 1.27 bits per heavy atom. The minimum atomic E-state index is -0.110. The van der Waals surface area contributed by atoms with Crippen LogP contribution in [0.1, 0.15) is 22.3 Å². The zero-order valence-electron chi connectivity index (χ0n) is 21.0. The van der Waals surface area contributed by atoms with E-state index in [0.717, 1.165) is 12.0 Å². The molecule has 1 heterocycles. The van der Waals surface area contributed by atoms with Gasteiger partial charge in [0, 0.05) is 31.7 Å². The van der Waals surface area contributed by atoms with Gasteiger partial charge in [-0.25, -0.2) is 0 Å². The first-order chi connectivity index (χ1) is 18.2. The molecule has 0 radical (unpaired) electrons. The highest BCUT2D eigenvalue weighted by atomic mass is 16.5. The molecular formula is C26H36N8O3. The van der Waals surface area contributed by atoms with E-state index in [1.165, 1.54) is 0 Å². The number of anilines is 3. The van der Waals surface area contributed by atoms with E-state index in [0.29, 0.717) is 82.6 Å². The van der Waals surface area contributed by atoms with E-state index in [2.05, 4.69) is 36.2 Å². The van der Waals surface area contributed by atoms with Gasteiger partial charge in [-0.1, -0.05) is 48.5 Å². The summed E-state index contributed by atoms with van der Waals surface area (Å²) in [5.41, 5.74) is 7.34. The van der Waals surface area contributed by atoms with E-state index >= 15 is 0 Å². The summed E-state index contributed by atoms with van der Waals surface area (Å²) in [6.07, 6.45) is 0.816. The van der Waals surface area contributed by atoms with Crippen LogP contribution < -0.4 is 27.0 Å². The van der Waals surface area contributed by atoms with Crippen LogP contribution in [0, 0.1) is 0 Å². The highest BCUT2D eigenvalue weighted by molar-refractivity contribution is 5.94. The van der Waals surface area contributed by atoms with Crippen molar-refractivity contribution in [2.24, 2.45) is 5.73 Å². The van der Waals surface area contributed by atoms with Crippen LogP contribution in [0.4, 0.5) is 17.8 Å². The summed E-state index contributed by atoms with van der Waals surface area (Å²) in [6, 6.07) is 19.1. The van der Waals surface area contributed by atoms with E-state index in [1.807, 2.05) is 48.5 Å². The van der Waals surface area contributed by atoms with Gasteiger partial charge in [0.1, 0.15) is 0 Å². The Morgan fingerprint density at radius 3 is 1.92 bits per heavy atom. The van der Waals surface area contributed by atoms with Gasteiger partial charge in [0.25, 0.3) is 5.91 Å².